The van der Waals surface area contributed by atoms with Gasteiger partial charge < -0.3 is 0 Å². The summed E-state index contributed by atoms with van der Waals surface area (Å²) in [6, 6.07) is 81.8. The van der Waals surface area contributed by atoms with Crippen molar-refractivity contribution in [3.63, 3.8) is 0 Å². The smallest absolute Gasteiger partial charge is 0.187 e. The van der Waals surface area contributed by atoms with E-state index in [2.05, 4.69) is 157 Å². The molecule has 2 atom stereocenters. The highest BCUT2D eigenvalue weighted by Crippen LogP contribution is 2.56. The van der Waals surface area contributed by atoms with Crippen molar-refractivity contribution in [3.8, 4) is 96.1 Å². The fourth-order valence-corrected chi connectivity index (χ4v) is 10.6. The minimum Gasteiger partial charge on any atom is -0.238 e. The quantitative estimate of drug-likeness (QED) is 0.142. The number of nitrogens with zero attached hydrogens (tertiary/aromatic N) is 6. The third-order valence-electron chi connectivity index (χ3n) is 14.2. The van der Waals surface area contributed by atoms with Crippen molar-refractivity contribution < 1.29 is 0 Å². The molecule has 0 N–H and O–H groups in total. The molecule has 6 heteroatoms. The molecule has 72 heavy (non-hydrogen) atoms. The average molecular weight is 917 g/mol. The van der Waals surface area contributed by atoms with Crippen molar-refractivity contribution in [1.29, 1.82) is 5.26 Å². The average Bonchev–Trinajstić information content (AvgIpc) is 3.47. The number of nitriles is 1. The van der Waals surface area contributed by atoms with E-state index in [-0.39, 0.29) is 11.8 Å². The second kappa shape index (κ2) is 17.6. The number of hydrogen-bond donors (Lipinski definition) is 0. The monoisotopic (exact) mass is 916 g/mol. The van der Waals surface area contributed by atoms with Crippen LogP contribution in [0.1, 0.15) is 50.8 Å². The Morgan fingerprint density at radius 1 is 0.319 bits per heavy atom. The summed E-state index contributed by atoms with van der Waals surface area (Å²) in [6.45, 7) is 7.35. The molecule has 3 aliphatic rings. The standard InChI is InChI=1S/C66H40N6/c1-68-52-32-28-45(29-33-52)44-22-26-49(27-23-44)62-39-60(47-12-6-3-7-13-47)70-66(72-62)51-31-35-56-58(37-51)64-54-15-9-8-14-53(54)63(56)57-36-50(30-34-55(57)64)65-69-59(46-10-4-2-5-11-46)38-61(71-65)48-24-20-43(21-25-48)42-18-16-41(40-67)17-19-42/h2-39,63-64H. The minimum absolute atomic E-state index is 0.0139. The van der Waals surface area contributed by atoms with E-state index >= 15 is 0 Å². The predicted octanol–water partition coefficient (Wildman–Crippen LogP) is 16.0. The Morgan fingerprint density at radius 2 is 0.639 bits per heavy atom. The molecule has 3 aliphatic carbocycles. The van der Waals surface area contributed by atoms with Gasteiger partial charge in [-0.05, 0) is 92.0 Å². The lowest BCUT2D eigenvalue weighted by Crippen LogP contribution is -2.27. The molecule has 0 saturated carbocycles. The van der Waals surface area contributed by atoms with E-state index < -0.39 is 0 Å². The largest absolute Gasteiger partial charge is 0.238 e. The maximum atomic E-state index is 9.32. The van der Waals surface area contributed by atoms with Crippen LogP contribution in [0.4, 0.5) is 5.69 Å². The molecule has 2 aromatic heterocycles. The fourth-order valence-electron chi connectivity index (χ4n) is 10.6. The number of hydrogen-bond acceptors (Lipinski definition) is 5. The summed E-state index contributed by atoms with van der Waals surface area (Å²) in [5, 5.41) is 9.32. The molecule has 2 bridgehead atoms. The third kappa shape index (κ3) is 7.52. The molecule has 0 spiro atoms. The molecule has 6 nitrogen and oxygen atoms in total. The Bertz CT molecular complexity index is 3700. The first-order valence-electron chi connectivity index (χ1n) is 24.0. The third-order valence-corrected chi connectivity index (χ3v) is 14.2. The highest BCUT2D eigenvalue weighted by Gasteiger charge is 2.41. The Balaban J connectivity index is 0.884. The normalized spacial score (nSPS) is 13.8. The van der Waals surface area contributed by atoms with Gasteiger partial charge >= 0.3 is 0 Å². The molecular weight excluding hydrogens is 877 g/mol. The van der Waals surface area contributed by atoms with Crippen LogP contribution in [0.5, 0.6) is 0 Å². The Labute approximate surface area is 417 Å². The summed E-state index contributed by atoms with van der Waals surface area (Å²) in [7, 11) is 0. The number of rotatable bonds is 8. The van der Waals surface area contributed by atoms with Gasteiger partial charge in [-0.2, -0.15) is 5.26 Å². The summed E-state index contributed by atoms with van der Waals surface area (Å²) in [6.07, 6.45) is 0. The van der Waals surface area contributed by atoms with Crippen LogP contribution < -0.4 is 0 Å². The Morgan fingerprint density at radius 3 is 1.03 bits per heavy atom. The van der Waals surface area contributed by atoms with Crippen LogP contribution in [0.2, 0.25) is 0 Å². The van der Waals surface area contributed by atoms with Gasteiger partial charge in [0, 0.05) is 45.2 Å². The Kier molecular flexibility index (Phi) is 10.3. The SMILES string of the molecule is [C-]#[N+]c1ccc(-c2ccc(-c3cc(-c4ccccc4)nc(-c4ccc5c(c4)C4c6ccccc6C5c5cc(-c6nc(-c7ccccc7)cc(-c7ccc(-c8ccc(C#N)cc8)cc7)n6)ccc54)n3)cc2)cc1. The van der Waals surface area contributed by atoms with Crippen molar-refractivity contribution in [2.75, 3.05) is 0 Å². The molecule has 9 aromatic carbocycles. The molecule has 0 saturated heterocycles. The van der Waals surface area contributed by atoms with Gasteiger partial charge in [-0.3, -0.25) is 0 Å². The molecule has 334 valence electrons. The summed E-state index contributed by atoms with van der Waals surface area (Å²) < 4.78 is 0. The Hall–Kier alpha value is -9.88. The maximum Gasteiger partial charge on any atom is 0.187 e. The number of aromatic nitrogens is 4. The van der Waals surface area contributed by atoms with Gasteiger partial charge in [0.05, 0.1) is 41.0 Å². The lowest BCUT2D eigenvalue weighted by Gasteiger charge is -2.42. The van der Waals surface area contributed by atoms with Gasteiger partial charge in [0.15, 0.2) is 17.3 Å². The maximum absolute atomic E-state index is 9.32. The van der Waals surface area contributed by atoms with Crippen LogP contribution in [-0.2, 0) is 0 Å². The van der Waals surface area contributed by atoms with Gasteiger partial charge in [0.2, 0.25) is 0 Å². The second-order valence-electron chi connectivity index (χ2n) is 18.3. The van der Waals surface area contributed by atoms with Crippen molar-refractivity contribution in [2.45, 2.75) is 11.8 Å². The predicted molar refractivity (Wildman–Crippen MR) is 287 cm³/mol. The lowest BCUT2D eigenvalue weighted by atomic mass is 9.61. The summed E-state index contributed by atoms with van der Waals surface area (Å²) in [5.74, 6) is 1.38. The molecule has 0 amide bonds. The van der Waals surface area contributed by atoms with Crippen LogP contribution in [-0.4, -0.2) is 19.9 Å². The van der Waals surface area contributed by atoms with Crippen LogP contribution in [0.3, 0.4) is 0 Å². The molecule has 0 aliphatic heterocycles. The van der Waals surface area contributed by atoms with Crippen molar-refractivity contribution in [2.24, 2.45) is 0 Å². The summed E-state index contributed by atoms with van der Waals surface area (Å²) in [5.41, 5.74) is 22.7. The van der Waals surface area contributed by atoms with Crippen molar-refractivity contribution in [1.82, 2.24) is 19.9 Å². The second-order valence-corrected chi connectivity index (χ2v) is 18.3. The topological polar surface area (TPSA) is 79.7 Å². The van der Waals surface area contributed by atoms with Gasteiger partial charge in [-0.25, -0.2) is 24.8 Å². The van der Waals surface area contributed by atoms with Crippen LogP contribution in [0.15, 0.2) is 231 Å². The van der Waals surface area contributed by atoms with Gasteiger partial charge in [0.25, 0.3) is 0 Å². The highest BCUT2D eigenvalue weighted by atomic mass is 14.9. The molecule has 14 rings (SSSR count). The molecule has 0 fully saturated rings. The van der Waals surface area contributed by atoms with E-state index in [1.807, 2.05) is 84.9 Å². The van der Waals surface area contributed by atoms with Crippen LogP contribution in [0.25, 0.3) is 94.9 Å². The van der Waals surface area contributed by atoms with E-state index in [0.29, 0.717) is 22.9 Å². The van der Waals surface area contributed by atoms with Crippen molar-refractivity contribution in [3.05, 3.63) is 281 Å². The van der Waals surface area contributed by atoms with Crippen molar-refractivity contribution >= 4 is 5.69 Å². The van der Waals surface area contributed by atoms with E-state index in [1.54, 1.807) is 0 Å². The van der Waals surface area contributed by atoms with E-state index in [0.717, 1.165) is 78.4 Å². The molecular formula is C66H40N6. The van der Waals surface area contributed by atoms with E-state index in [1.165, 1.54) is 33.4 Å². The zero-order valence-electron chi connectivity index (χ0n) is 38.8. The first-order chi connectivity index (χ1) is 35.5. The van der Waals surface area contributed by atoms with Gasteiger partial charge in [0.1, 0.15) is 0 Å². The van der Waals surface area contributed by atoms with Crippen LogP contribution >= 0.6 is 0 Å². The van der Waals surface area contributed by atoms with Crippen LogP contribution in [0, 0.1) is 17.9 Å². The zero-order chi connectivity index (χ0) is 48.1. The summed E-state index contributed by atoms with van der Waals surface area (Å²) >= 11 is 0. The zero-order valence-corrected chi connectivity index (χ0v) is 38.8. The lowest BCUT2D eigenvalue weighted by molar-refractivity contribution is 0.754. The van der Waals surface area contributed by atoms with E-state index in [4.69, 9.17) is 26.5 Å². The molecule has 2 unspecified atom stereocenters. The first-order valence-corrected chi connectivity index (χ1v) is 24.0. The minimum atomic E-state index is 0.0139. The summed E-state index contributed by atoms with van der Waals surface area (Å²) in [4.78, 5) is 24.6. The molecule has 0 radical (unpaired) electrons. The molecule has 11 aromatic rings. The highest BCUT2D eigenvalue weighted by molar-refractivity contribution is 5.79. The van der Waals surface area contributed by atoms with E-state index in [9.17, 15) is 5.26 Å². The van der Waals surface area contributed by atoms with Gasteiger partial charge in [-0.15, -0.1) is 0 Å². The molecule has 2 heterocycles. The number of benzene rings is 9. The van der Waals surface area contributed by atoms with Gasteiger partial charge in [-0.1, -0.05) is 194 Å². The fraction of sp³-hybridized carbons (Fsp3) is 0.0303. The first kappa shape index (κ1) is 42.2.